The monoisotopic (exact) mass is 617 g/mol. The molecule has 0 atom stereocenters. The summed E-state index contributed by atoms with van der Waals surface area (Å²) in [6, 6.07) is 8.38. The van der Waals surface area contributed by atoms with Crippen LogP contribution >= 0.6 is 0 Å². The molecule has 1 fully saturated rings. The number of hydrogen-bond acceptors (Lipinski definition) is 6. The van der Waals surface area contributed by atoms with Gasteiger partial charge in [-0.2, -0.15) is 5.26 Å². The zero-order chi connectivity index (χ0) is 26.6. The quantitative estimate of drug-likeness (QED) is 0.232. The van der Waals surface area contributed by atoms with Crippen LogP contribution in [0.15, 0.2) is 30.5 Å². The number of amides is 1. The molecule has 8 nitrogen and oxygen atoms in total. The summed E-state index contributed by atoms with van der Waals surface area (Å²) in [5.74, 6) is -0.220. The molecule has 2 aliphatic rings. The number of aromatic amines is 1. The molecule has 1 aliphatic carbocycles. The number of carbonyl (C=O) groups excluding carboxylic acids is 1. The number of halogens is 1. The number of nitriles is 1. The molecule has 1 aromatic carbocycles. The molecule has 2 aromatic rings. The van der Waals surface area contributed by atoms with Gasteiger partial charge < -0.3 is 4.98 Å². The van der Waals surface area contributed by atoms with Gasteiger partial charge in [0.1, 0.15) is 11.8 Å². The number of nitrogens with zero attached hydrogens (tertiary/aromatic N) is 4. The van der Waals surface area contributed by atoms with Gasteiger partial charge >= 0.3 is 150 Å². The number of piperazine rings is 1. The first-order valence-corrected chi connectivity index (χ1v) is 15.4. The molecule has 0 unspecified atom stereocenters. The Morgan fingerprint density at radius 2 is 2.00 bits per heavy atom. The van der Waals surface area contributed by atoms with E-state index in [9.17, 15) is 8.23 Å². The molecule has 4 rings (SSSR count). The third-order valence-corrected chi connectivity index (χ3v) is 8.85. The van der Waals surface area contributed by atoms with Gasteiger partial charge in [0.25, 0.3) is 5.91 Å². The summed E-state index contributed by atoms with van der Waals surface area (Å²) >= 11 is -0.687. The SMILES string of the molecule is CC1(C)CC=C(c2cc(C(C)(C)CN3CCN(C[I-]O)CC3)ccc2NC(=O)c2ncc(C#N)[nH]2)CC1. The molecule has 2 heterocycles. The third kappa shape index (κ3) is 6.99. The average Bonchev–Trinajstić information content (AvgIpc) is 3.35. The molecule has 1 saturated heterocycles. The topological polar surface area (TPSA) is 108 Å². The fraction of sp³-hybridized carbons (Fsp3) is 0.536. The van der Waals surface area contributed by atoms with E-state index < -0.39 is 21.6 Å². The number of nitrogens with one attached hydrogen (secondary N) is 2. The van der Waals surface area contributed by atoms with Crippen molar-refractivity contribution in [1.82, 2.24) is 19.8 Å². The van der Waals surface area contributed by atoms with Gasteiger partial charge in [-0.3, -0.25) is 4.79 Å². The number of hydrogen-bond donors (Lipinski definition) is 3. The minimum Gasteiger partial charge on any atom is -0.326 e. The second-order valence-electron chi connectivity index (χ2n) is 11.6. The van der Waals surface area contributed by atoms with Crippen LogP contribution in [-0.2, 0) is 5.41 Å². The molecule has 1 amide bonds. The molecule has 1 aromatic heterocycles. The van der Waals surface area contributed by atoms with Crippen LogP contribution in [0, 0.1) is 16.7 Å². The molecule has 0 saturated carbocycles. The summed E-state index contributed by atoms with van der Waals surface area (Å²) in [7, 11) is 0. The van der Waals surface area contributed by atoms with Crippen molar-refractivity contribution in [2.45, 2.75) is 52.4 Å². The van der Waals surface area contributed by atoms with E-state index in [4.69, 9.17) is 5.26 Å². The summed E-state index contributed by atoms with van der Waals surface area (Å²) in [5.41, 5.74) is 4.83. The first kappa shape index (κ1) is 27.8. The van der Waals surface area contributed by atoms with E-state index in [0.717, 1.165) is 67.8 Å². The van der Waals surface area contributed by atoms with Crippen molar-refractivity contribution in [1.29, 1.82) is 5.26 Å². The Morgan fingerprint density at radius 3 is 2.62 bits per heavy atom. The maximum atomic E-state index is 12.9. The molecule has 0 bridgehead atoms. The van der Waals surface area contributed by atoms with Gasteiger partial charge in [0, 0.05) is 0 Å². The second kappa shape index (κ2) is 11.6. The van der Waals surface area contributed by atoms with Crippen LogP contribution in [-0.4, -0.2) is 66.4 Å². The van der Waals surface area contributed by atoms with Crippen molar-refractivity contribution in [3.63, 3.8) is 0 Å². The van der Waals surface area contributed by atoms with Crippen molar-refractivity contribution in [3.05, 3.63) is 53.1 Å². The first-order valence-electron chi connectivity index (χ1n) is 12.9. The number of H-pyrrole nitrogens is 1. The number of anilines is 1. The first-order chi connectivity index (χ1) is 17.6. The van der Waals surface area contributed by atoms with Crippen LogP contribution in [0.2, 0.25) is 0 Å². The fourth-order valence-corrected chi connectivity index (χ4v) is 6.24. The predicted molar refractivity (Wildman–Crippen MR) is 141 cm³/mol. The van der Waals surface area contributed by atoms with Gasteiger partial charge in [0.05, 0.1) is 6.20 Å². The molecular weight excluding hydrogens is 579 g/mol. The summed E-state index contributed by atoms with van der Waals surface area (Å²) in [6.45, 7) is 14.2. The standard InChI is InChI=1S/C28H38IN6O2/c1-27(2)9-7-20(8-10-27)23-15-21(28(3,4)18-34-11-13-35(14-12-34)19-29-37)5-6-24(23)33-26(36)25-31-17-22(16-30)32-25/h5-7,15,17,37H,8-14,18-19H2,1-4H3,(H,31,32)(H,33,36)/q-1. The van der Waals surface area contributed by atoms with Gasteiger partial charge in [0.15, 0.2) is 5.82 Å². The number of aromatic nitrogens is 2. The molecule has 0 radical (unpaired) electrons. The van der Waals surface area contributed by atoms with Crippen molar-refractivity contribution in [2.75, 3.05) is 42.6 Å². The Hall–Kier alpha value is -2.26. The number of carbonyl (C=O) groups is 1. The molecule has 1 aliphatic heterocycles. The zero-order valence-electron chi connectivity index (χ0n) is 22.3. The van der Waals surface area contributed by atoms with Crippen molar-refractivity contribution in [3.8, 4) is 6.07 Å². The molecule has 9 heteroatoms. The number of allylic oxidation sites excluding steroid dienone is 2. The molecule has 200 valence electrons. The number of benzene rings is 1. The van der Waals surface area contributed by atoms with Gasteiger partial charge in [-0.05, 0) is 18.3 Å². The summed E-state index contributed by atoms with van der Waals surface area (Å²) in [6.07, 6.45) is 6.78. The number of imidazole rings is 1. The van der Waals surface area contributed by atoms with Crippen LogP contribution in [0.1, 0.15) is 74.4 Å². The number of rotatable bonds is 8. The fourth-order valence-electron chi connectivity index (χ4n) is 5.13. The molecule has 37 heavy (non-hydrogen) atoms. The normalized spacial score (nSPS) is 18.9. The van der Waals surface area contributed by atoms with E-state index in [-0.39, 0.29) is 28.3 Å². The van der Waals surface area contributed by atoms with Crippen molar-refractivity contribution < 1.29 is 29.9 Å². The molecule has 0 spiro atoms. The Kier molecular flexibility index (Phi) is 8.74. The molecular formula is C28H38IN6O2-. The Labute approximate surface area is 231 Å². The van der Waals surface area contributed by atoms with E-state index in [2.05, 4.69) is 71.0 Å². The Balaban J connectivity index is 1.58. The van der Waals surface area contributed by atoms with Gasteiger partial charge in [-0.25, -0.2) is 4.98 Å². The maximum absolute atomic E-state index is 12.9. The van der Waals surface area contributed by atoms with E-state index in [1.54, 1.807) is 0 Å². The van der Waals surface area contributed by atoms with Gasteiger partial charge in [0.2, 0.25) is 0 Å². The zero-order valence-corrected chi connectivity index (χ0v) is 24.4. The minimum atomic E-state index is -0.687. The second-order valence-corrected chi connectivity index (χ2v) is 13.0. The van der Waals surface area contributed by atoms with Crippen LogP contribution in [0.5, 0.6) is 0 Å². The van der Waals surface area contributed by atoms with Crippen molar-refractivity contribution >= 4 is 17.2 Å². The molecule has 3 N–H and O–H groups in total. The van der Waals surface area contributed by atoms with Crippen LogP contribution < -0.4 is 26.9 Å². The van der Waals surface area contributed by atoms with Crippen LogP contribution in [0.25, 0.3) is 5.57 Å². The van der Waals surface area contributed by atoms with Crippen LogP contribution in [0.4, 0.5) is 5.69 Å². The minimum absolute atomic E-state index is 0.0689. The summed E-state index contributed by atoms with van der Waals surface area (Å²) in [5, 5.41) is 12.1. The van der Waals surface area contributed by atoms with E-state index >= 15 is 0 Å². The van der Waals surface area contributed by atoms with E-state index in [1.165, 1.54) is 17.3 Å². The van der Waals surface area contributed by atoms with E-state index in [0.29, 0.717) is 0 Å². The predicted octanol–water partition coefficient (Wildman–Crippen LogP) is 0.976. The smallest absolute Gasteiger partial charge is 0.326 e. The van der Waals surface area contributed by atoms with Crippen LogP contribution in [0.3, 0.4) is 0 Å². The van der Waals surface area contributed by atoms with Gasteiger partial charge in [-0.15, -0.1) is 0 Å². The number of alkyl halides is 1. The summed E-state index contributed by atoms with van der Waals surface area (Å²) < 4.78 is 10.2. The Bertz CT molecular complexity index is 1190. The summed E-state index contributed by atoms with van der Waals surface area (Å²) in [4.78, 5) is 24.6. The van der Waals surface area contributed by atoms with E-state index in [1.807, 2.05) is 12.1 Å². The third-order valence-electron chi connectivity index (χ3n) is 7.58. The average molecular weight is 618 g/mol. The van der Waals surface area contributed by atoms with Gasteiger partial charge in [-0.1, -0.05) is 13.8 Å². The van der Waals surface area contributed by atoms with Crippen molar-refractivity contribution in [2.24, 2.45) is 5.41 Å². The Morgan fingerprint density at radius 1 is 1.27 bits per heavy atom.